The van der Waals surface area contributed by atoms with E-state index in [4.69, 9.17) is 4.74 Å². The van der Waals surface area contributed by atoms with E-state index in [1.807, 2.05) is 12.1 Å². The lowest BCUT2D eigenvalue weighted by molar-refractivity contribution is -0.124. The summed E-state index contributed by atoms with van der Waals surface area (Å²) < 4.78 is 4.71. The molecule has 0 spiro atoms. The minimum absolute atomic E-state index is 0.0319. The maximum absolute atomic E-state index is 12.4. The number of hydrogen-bond acceptors (Lipinski definition) is 4. The fraction of sp³-hybridized carbons (Fsp3) is 0.529. The highest BCUT2D eigenvalue weighted by molar-refractivity contribution is 5.89. The number of fused-ring (bicyclic) bond motifs is 1. The second-order valence-electron chi connectivity index (χ2n) is 6.70. The summed E-state index contributed by atoms with van der Waals surface area (Å²) in [5, 5.41) is 6.60. The van der Waals surface area contributed by atoms with Gasteiger partial charge in [-0.05, 0) is 49.3 Å². The number of benzene rings is 1. The van der Waals surface area contributed by atoms with Gasteiger partial charge in [-0.2, -0.15) is 0 Å². The van der Waals surface area contributed by atoms with Crippen LogP contribution in [0, 0.1) is 5.92 Å². The van der Waals surface area contributed by atoms with Crippen LogP contribution in [0.25, 0.3) is 0 Å². The van der Waals surface area contributed by atoms with Gasteiger partial charge in [-0.25, -0.2) is 4.79 Å². The van der Waals surface area contributed by atoms with Crippen LogP contribution in [0.3, 0.4) is 0 Å². The summed E-state index contributed by atoms with van der Waals surface area (Å²) >= 11 is 0. The predicted molar refractivity (Wildman–Crippen MR) is 80.3 cm³/mol. The third-order valence-electron chi connectivity index (χ3n) is 5.16. The molecule has 1 aromatic carbocycles. The Bertz CT molecular complexity index is 611. The average Bonchev–Trinajstić information content (AvgIpc) is 3.46. The van der Waals surface area contributed by atoms with Crippen LogP contribution in [0.2, 0.25) is 0 Å². The Hall–Kier alpha value is -1.88. The zero-order valence-electron chi connectivity index (χ0n) is 12.6. The summed E-state index contributed by atoms with van der Waals surface area (Å²) in [5.74, 6) is 0.488. The molecule has 0 radical (unpaired) electrons. The normalized spacial score (nSPS) is 30.3. The van der Waals surface area contributed by atoms with Gasteiger partial charge in [0, 0.05) is 6.04 Å². The van der Waals surface area contributed by atoms with Crippen LogP contribution in [0.5, 0.6) is 0 Å². The second kappa shape index (κ2) is 4.81. The van der Waals surface area contributed by atoms with Crippen molar-refractivity contribution in [1.82, 2.24) is 10.6 Å². The van der Waals surface area contributed by atoms with Gasteiger partial charge in [0.15, 0.2) is 0 Å². The molecule has 2 N–H and O–H groups in total. The Balaban J connectivity index is 1.44. The number of methoxy groups -OCH3 is 1. The molecule has 5 heteroatoms. The molecule has 2 saturated carbocycles. The van der Waals surface area contributed by atoms with Crippen LogP contribution in [0.1, 0.15) is 41.6 Å². The van der Waals surface area contributed by atoms with E-state index in [1.54, 1.807) is 12.1 Å². The fourth-order valence-electron chi connectivity index (χ4n) is 3.50. The lowest BCUT2D eigenvalue weighted by atomic mass is 10.0. The molecule has 116 valence electrons. The van der Waals surface area contributed by atoms with Gasteiger partial charge in [0.1, 0.15) is 0 Å². The fourth-order valence-corrected chi connectivity index (χ4v) is 3.50. The molecule has 22 heavy (non-hydrogen) atoms. The van der Waals surface area contributed by atoms with Crippen LogP contribution in [0.15, 0.2) is 24.3 Å². The lowest BCUT2D eigenvalue weighted by Gasteiger charge is -2.21. The van der Waals surface area contributed by atoms with Crippen molar-refractivity contribution >= 4 is 11.9 Å². The molecule has 2 aliphatic carbocycles. The maximum Gasteiger partial charge on any atom is 0.337 e. The van der Waals surface area contributed by atoms with Gasteiger partial charge in [0.05, 0.1) is 24.3 Å². The Morgan fingerprint density at radius 3 is 2.50 bits per heavy atom. The van der Waals surface area contributed by atoms with E-state index in [1.165, 1.54) is 13.5 Å². The summed E-state index contributed by atoms with van der Waals surface area (Å²) in [6.45, 7) is 0. The molecule has 1 aliphatic heterocycles. The first kappa shape index (κ1) is 13.8. The van der Waals surface area contributed by atoms with Crippen molar-refractivity contribution < 1.29 is 14.3 Å². The van der Waals surface area contributed by atoms with E-state index in [0.29, 0.717) is 17.5 Å². The molecule has 3 fully saturated rings. The van der Waals surface area contributed by atoms with E-state index < -0.39 is 0 Å². The minimum atomic E-state index is -0.338. The van der Waals surface area contributed by atoms with Gasteiger partial charge in [-0.1, -0.05) is 12.1 Å². The summed E-state index contributed by atoms with van der Waals surface area (Å²) in [7, 11) is 1.37. The maximum atomic E-state index is 12.4. The molecule has 3 atom stereocenters. The van der Waals surface area contributed by atoms with Gasteiger partial charge in [0.25, 0.3) is 0 Å². The first-order valence-electron chi connectivity index (χ1n) is 7.88. The topological polar surface area (TPSA) is 67.4 Å². The Kier molecular flexibility index (Phi) is 3.01. The molecule has 0 unspecified atom stereocenters. The van der Waals surface area contributed by atoms with Gasteiger partial charge in [-0.3, -0.25) is 4.79 Å². The molecule has 0 aromatic heterocycles. The molecule has 5 nitrogen and oxygen atoms in total. The van der Waals surface area contributed by atoms with Crippen LogP contribution in [0.4, 0.5) is 0 Å². The molecular weight excluding hydrogens is 280 g/mol. The third kappa shape index (κ3) is 2.29. The van der Waals surface area contributed by atoms with Gasteiger partial charge in [-0.15, -0.1) is 0 Å². The largest absolute Gasteiger partial charge is 0.465 e. The summed E-state index contributed by atoms with van der Waals surface area (Å²) in [6.07, 6.45) is 4.10. The number of carbonyl (C=O) groups is 2. The summed E-state index contributed by atoms with van der Waals surface area (Å²) in [6, 6.07) is 7.89. The number of amides is 1. The molecule has 4 rings (SSSR count). The molecule has 3 aliphatic rings. The quantitative estimate of drug-likeness (QED) is 0.823. The van der Waals surface area contributed by atoms with Crippen LogP contribution in [-0.4, -0.2) is 31.1 Å². The Labute approximate surface area is 129 Å². The Morgan fingerprint density at radius 1 is 1.23 bits per heavy atom. The van der Waals surface area contributed by atoms with E-state index in [0.717, 1.165) is 24.8 Å². The monoisotopic (exact) mass is 300 g/mol. The van der Waals surface area contributed by atoms with Gasteiger partial charge in [0.2, 0.25) is 5.91 Å². The number of piperidine rings is 1. The van der Waals surface area contributed by atoms with Crippen molar-refractivity contribution in [2.75, 3.05) is 7.11 Å². The standard InChI is InChI=1S/C17H20N2O3/c1-22-16(21)10-2-4-12(5-3-10)17(6-7-17)19-15(20)14-9-11-8-13(11)18-14/h2-5,11,13-14,18H,6-9H2,1H3,(H,19,20)/t11-,13-,14+/m0/s1. The van der Waals surface area contributed by atoms with E-state index in [2.05, 4.69) is 10.6 Å². The number of rotatable bonds is 4. The SMILES string of the molecule is COC(=O)c1ccc(C2(NC(=O)[C@H]3C[C@@H]4C[C@@H]4N3)CC2)cc1. The summed E-state index contributed by atoms with van der Waals surface area (Å²) in [5.41, 5.74) is 1.36. The smallest absolute Gasteiger partial charge is 0.337 e. The van der Waals surface area contributed by atoms with E-state index in [-0.39, 0.29) is 23.5 Å². The van der Waals surface area contributed by atoms with E-state index in [9.17, 15) is 9.59 Å². The number of nitrogens with one attached hydrogen (secondary N) is 2. The molecule has 0 bridgehead atoms. The predicted octanol–water partition coefficient (Wildman–Crippen LogP) is 1.33. The number of ether oxygens (including phenoxy) is 1. The summed E-state index contributed by atoms with van der Waals surface area (Å²) in [4.78, 5) is 23.9. The van der Waals surface area contributed by atoms with Crippen molar-refractivity contribution in [3.63, 3.8) is 0 Å². The molecule has 1 heterocycles. The number of carbonyl (C=O) groups excluding carboxylic acids is 2. The number of esters is 1. The first-order valence-corrected chi connectivity index (χ1v) is 7.88. The van der Waals surface area contributed by atoms with E-state index >= 15 is 0 Å². The highest BCUT2D eigenvalue weighted by Gasteiger charge is 2.51. The average molecular weight is 300 g/mol. The highest BCUT2D eigenvalue weighted by atomic mass is 16.5. The molecular formula is C17H20N2O3. The number of hydrogen-bond donors (Lipinski definition) is 2. The second-order valence-corrected chi connectivity index (χ2v) is 6.70. The van der Waals surface area contributed by atoms with Gasteiger partial charge >= 0.3 is 5.97 Å². The zero-order valence-corrected chi connectivity index (χ0v) is 12.6. The first-order chi connectivity index (χ1) is 10.6. The van der Waals surface area contributed by atoms with Crippen molar-refractivity contribution in [3.05, 3.63) is 35.4 Å². The highest BCUT2D eigenvalue weighted by Crippen LogP contribution is 2.46. The molecule has 1 aromatic rings. The van der Waals surface area contributed by atoms with Crippen molar-refractivity contribution in [2.45, 2.75) is 43.3 Å². The van der Waals surface area contributed by atoms with Crippen LogP contribution >= 0.6 is 0 Å². The van der Waals surface area contributed by atoms with Crippen molar-refractivity contribution in [2.24, 2.45) is 5.92 Å². The van der Waals surface area contributed by atoms with Gasteiger partial charge < -0.3 is 15.4 Å². The van der Waals surface area contributed by atoms with Crippen molar-refractivity contribution in [1.29, 1.82) is 0 Å². The van der Waals surface area contributed by atoms with Crippen LogP contribution in [-0.2, 0) is 15.1 Å². The molecule has 1 saturated heterocycles. The van der Waals surface area contributed by atoms with Crippen LogP contribution < -0.4 is 10.6 Å². The minimum Gasteiger partial charge on any atom is -0.465 e. The lowest BCUT2D eigenvalue weighted by Crippen LogP contribution is -2.46. The Morgan fingerprint density at radius 2 is 1.95 bits per heavy atom. The molecule has 1 amide bonds. The zero-order chi connectivity index (χ0) is 15.3. The van der Waals surface area contributed by atoms with Crippen molar-refractivity contribution in [3.8, 4) is 0 Å². The third-order valence-corrected chi connectivity index (χ3v) is 5.16.